The minimum atomic E-state index is -1.16. The van der Waals surface area contributed by atoms with Crippen LogP contribution in [0.1, 0.15) is 22.6 Å². The van der Waals surface area contributed by atoms with Crippen LogP contribution in [0.25, 0.3) is 11.1 Å². The number of carbonyl (C=O) groups excluding carboxylic acids is 1. The summed E-state index contributed by atoms with van der Waals surface area (Å²) in [6.07, 6.45) is -0.701. The number of hydrogen-bond donors (Lipinski definition) is 1. The molecule has 0 spiro atoms. The fourth-order valence-corrected chi connectivity index (χ4v) is 4.52. The van der Waals surface area contributed by atoms with Gasteiger partial charge in [-0.25, -0.2) is 9.59 Å². The molecule has 3 aromatic carbocycles. The van der Waals surface area contributed by atoms with E-state index in [1.807, 2.05) is 36.4 Å². The van der Waals surface area contributed by atoms with Crippen LogP contribution in [0.15, 0.2) is 66.7 Å². The second-order valence-corrected chi connectivity index (χ2v) is 8.47. The van der Waals surface area contributed by atoms with Crippen LogP contribution in [-0.4, -0.2) is 41.8 Å². The first kappa shape index (κ1) is 22.2. The molecule has 1 aliphatic rings. The molecule has 0 aromatic heterocycles. The number of carboxylic acid groups (broad SMARTS) is 1. The summed E-state index contributed by atoms with van der Waals surface area (Å²) in [5.74, 6) is -1.26. The highest BCUT2D eigenvalue weighted by molar-refractivity contribution is 6.42. The van der Waals surface area contributed by atoms with E-state index in [0.717, 1.165) is 27.2 Å². The fourth-order valence-electron chi connectivity index (χ4n) is 4.13. The van der Waals surface area contributed by atoms with Crippen LogP contribution in [0.2, 0.25) is 10.0 Å². The van der Waals surface area contributed by atoms with Gasteiger partial charge in [-0.15, -0.1) is 0 Å². The summed E-state index contributed by atoms with van der Waals surface area (Å²) >= 11 is 12.2. The summed E-state index contributed by atoms with van der Waals surface area (Å²) in [6.45, 7) is 0.113. The van der Waals surface area contributed by atoms with Gasteiger partial charge in [0.25, 0.3) is 0 Å². The van der Waals surface area contributed by atoms with E-state index in [2.05, 4.69) is 12.1 Å². The molecule has 164 valence electrons. The highest BCUT2D eigenvalue weighted by Gasteiger charge is 2.32. The summed E-state index contributed by atoms with van der Waals surface area (Å²) < 4.78 is 5.59. The van der Waals surface area contributed by atoms with Gasteiger partial charge in [0.2, 0.25) is 0 Å². The van der Waals surface area contributed by atoms with Crippen molar-refractivity contribution in [1.29, 1.82) is 0 Å². The first-order chi connectivity index (χ1) is 15.4. The molecule has 4 rings (SSSR count). The van der Waals surface area contributed by atoms with Gasteiger partial charge >= 0.3 is 12.1 Å². The summed E-state index contributed by atoms with van der Waals surface area (Å²) in [4.78, 5) is 25.8. The van der Waals surface area contributed by atoms with E-state index in [1.165, 1.54) is 7.05 Å². The third kappa shape index (κ3) is 4.18. The van der Waals surface area contributed by atoms with Gasteiger partial charge in [-0.2, -0.15) is 0 Å². The van der Waals surface area contributed by atoms with Crippen molar-refractivity contribution < 1.29 is 19.4 Å². The maximum absolute atomic E-state index is 12.8. The van der Waals surface area contributed by atoms with Crippen molar-refractivity contribution in [2.24, 2.45) is 0 Å². The summed E-state index contributed by atoms with van der Waals surface area (Å²) in [6, 6.07) is 19.9. The Balaban J connectivity index is 1.49. The number of nitrogens with zero attached hydrogens (tertiary/aromatic N) is 1. The molecule has 1 amide bonds. The lowest BCUT2D eigenvalue weighted by molar-refractivity contribution is -0.142. The molecule has 5 nitrogen and oxygen atoms in total. The zero-order valence-corrected chi connectivity index (χ0v) is 18.8. The minimum Gasteiger partial charge on any atom is -0.480 e. The zero-order chi connectivity index (χ0) is 22.8. The van der Waals surface area contributed by atoms with E-state index in [0.29, 0.717) is 10.6 Å². The smallest absolute Gasteiger partial charge is 0.410 e. The number of rotatable bonds is 6. The topological polar surface area (TPSA) is 66.8 Å². The zero-order valence-electron chi connectivity index (χ0n) is 17.3. The molecular weight excluding hydrogens is 449 g/mol. The van der Waals surface area contributed by atoms with Crippen molar-refractivity contribution in [2.45, 2.75) is 18.4 Å². The van der Waals surface area contributed by atoms with Crippen molar-refractivity contribution in [3.63, 3.8) is 0 Å². The molecule has 0 fully saturated rings. The van der Waals surface area contributed by atoms with Gasteiger partial charge in [0.15, 0.2) is 0 Å². The summed E-state index contributed by atoms with van der Waals surface area (Å²) in [5.41, 5.74) is 4.96. The van der Waals surface area contributed by atoms with Gasteiger partial charge in [-0.1, -0.05) is 83.9 Å². The molecule has 1 unspecified atom stereocenters. The molecule has 1 aliphatic carbocycles. The highest BCUT2D eigenvalue weighted by atomic mass is 35.5. The van der Waals surface area contributed by atoms with Crippen molar-refractivity contribution in [2.75, 3.05) is 13.7 Å². The number of ether oxygens (including phenoxy) is 1. The Morgan fingerprint density at radius 1 is 0.969 bits per heavy atom. The maximum atomic E-state index is 12.8. The molecule has 0 radical (unpaired) electrons. The van der Waals surface area contributed by atoms with Crippen molar-refractivity contribution in [1.82, 2.24) is 4.90 Å². The van der Waals surface area contributed by atoms with Gasteiger partial charge in [-0.05, 0) is 33.9 Å². The maximum Gasteiger partial charge on any atom is 0.410 e. The Morgan fingerprint density at radius 2 is 1.56 bits per heavy atom. The number of likely N-dealkylation sites (N-methyl/N-ethyl adjacent to an activating group) is 1. The number of halogens is 2. The lowest BCUT2D eigenvalue weighted by atomic mass is 9.98. The number of benzene rings is 3. The minimum absolute atomic E-state index is 0.00935. The molecule has 0 heterocycles. The molecule has 7 heteroatoms. The van der Waals surface area contributed by atoms with Crippen molar-refractivity contribution >= 4 is 35.3 Å². The number of aliphatic carboxylic acids is 1. The second kappa shape index (κ2) is 9.23. The number of carbonyl (C=O) groups is 2. The van der Waals surface area contributed by atoms with Crippen LogP contribution in [0, 0.1) is 0 Å². The van der Waals surface area contributed by atoms with Crippen LogP contribution in [0.5, 0.6) is 0 Å². The average molecular weight is 470 g/mol. The molecule has 0 bridgehead atoms. The van der Waals surface area contributed by atoms with Crippen molar-refractivity contribution in [3.05, 3.63) is 93.5 Å². The van der Waals surface area contributed by atoms with Gasteiger partial charge < -0.3 is 9.84 Å². The SMILES string of the molecule is CN(C(=O)OCC1c2ccccc2-c2ccccc21)C(Cc1cccc(Cl)c1Cl)C(=O)O. The highest BCUT2D eigenvalue weighted by Crippen LogP contribution is 2.44. The standard InChI is InChI=1S/C25H21Cl2NO4/c1-28(22(24(29)30)13-15-7-6-12-21(26)23(15)27)25(31)32-14-20-18-10-4-2-8-16(18)17-9-3-5-11-19(17)20/h2-12,20,22H,13-14H2,1H3,(H,29,30). The van der Waals surface area contributed by atoms with Gasteiger partial charge in [0, 0.05) is 19.4 Å². The quantitative estimate of drug-likeness (QED) is 0.490. The first-order valence-electron chi connectivity index (χ1n) is 10.1. The fraction of sp³-hybridized carbons (Fsp3) is 0.200. The van der Waals surface area contributed by atoms with Gasteiger partial charge in [0.05, 0.1) is 10.0 Å². The van der Waals surface area contributed by atoms with E-state index in [-0.39, 0.29) is 24.0 Å². The summed E-state index contributed by atoms with van der Waals surface area (Å²) in [5, 5.41) is 10.3. The predicted octanol–water partition coefficient (Wildman–Crippen LogP) is 5.87. The number of hydrogen-bond acceptors (Lipinski definition) is 3. The Bertz CT molecular complexity index is 1130. The van der Waals surface area contributed by atoms with Crippen LogP contribution in [0.3, 0.4) is 0 Å². The Labute approximate surface area is 196 Å². The van der Waals surface area contributed by atoms with Gasteiger partial charge in [0.1, 0.15) is 12.6 Å². The third-order valence-corrected chi connectivity index (χ3v) is 6.68. The first-order valence-corrected chi connectivity index (χ1v) is 10.9. The largest absolute Gasteiger partial charge is 0.480 e. The number of fused-ring (bicyclic) bond motifs is 3. The normalized spacial score (nSPS) is 13.2. The van der Waals surface area contributed by atoms with Crippen LogP contribution >= 0.6 is 23.2 Å². The van der Waals surface area contributed by atoms with Gasteiger partial charge in [-0.3, -0.25) is 4.90 Å². The van der Waals surface area contributed by atoms with Crippen LogP contribution in [0.4, 0.5) is 4.79 Å². The van der Waals surface area contributed by atoms with Crippen LogP contribution < -0.4 is 0 Å². The Morgan fingerprint density at radius 3 is 2.16 bits per heavy atom. The monoisotopic (exact) mass is 469 g/mol. The molecule has 1 atom stereocenters. The van der Waals surface area contributed by atoms with E-state index >= 15 is 0 Å². The molecule has 1 N–H and O–H groups in total. The molecule has 0 saturated carbocycles. The molecule has 0 aliphatic heterocycles. The van der Waals surface area contributed by atoms with E-state index < -0.39 is 18.1 Å². The van der Waals surface area contributed by atoms with E-state index in [1.54, 1.807) is 18.2 Å². The molecular formula is C25H21Cl2NO4. The van der Waals surface area contributed by atoms with E-state index in [9.17, 15) is 14.7 Å². The predicted molar refractivity (Wildman–Crippen MR) is 124 cm³/mol. The molecule has 3 aromatic rings. The lowest BCUT2D eigenvalue weighted by Crippen LogP contribution is -2.44. The molecule has 32 heavy (non-hydrogen) atoms. The van der Waals surface area contributed by atoms with E-state index in [4.69, 9.17) is 27.9 Å². The van der Waals surface area contributed by atoms with Crippen LogP contribution in [-0.2, 0) is 16.0 Å². The second-order valence-electron chi connectivity index (χ2n) is 7.69. The Kier molecular flexibility index (Phi) is 6.40. The average Bonchev–Trinajstić information content (AvgIpc) is 3.11. The lowest BCUT2D eigenvalue weighted by Gasteiger charge is -2.25. The Hall–Kier alpha value is -3.02. The summed E-state index contributed by atoms with van der Waals surface area (Å²) in [7, 11) is 1.41. The number of carboxylic acids is 1. The van der Waals surface area contributed by atoms with Crippen molar-refractivity contribution in [3.8, 4) is 11.1 Å². The number of amides is 1. The third-order valence-electron chi connectivity index (χ3n) is 5.82. The molecule has 0 saturated heterocycles.